The molecule has 1 aliphatic heterocycles. The first-order valence-electron chi connectivity index (χ1n) is 7.61. The van der Waals surface area contributed by atoms with E-state index in [9.17, 15) is 14.7 Å². The van der Waals surface area contributed by atoms with Crippen LogP contribution in [0.4, 0.5) is 4.79 Å². The summed E-state index contributed by atoms with van der Waals surface area (Å²) >= 11 is 0. The van der Waals surface area contributed by atoms with E-state index >= 15 is 0 Å². The summed E-state index contributed by atoms with van der Waals surface area (Å²) in [4.78, 5) is 23.4. The van der Waals surface area contributed by atoms with Crippen molar-refractivity contribution >= 4 is 12.0 Å². The Morgan fingerprint density at radius 1 is 1.15 bits per heavy atom. The molecule has 2 fully saturated rings. The molecule has 0 radical (unpaired) electrons. The summed E-state index contributed by atoms with van der Waals surface area (Å²) in [6.07, 6.45) is 6.14. The quantitative estimate of drug-likeness (QED) is 0.621. The largest absolute Gasteiger partial charge is 0.481 e. The number of carboxylic acids is 1. The molecule has 0 atom stereocenters. The lowest BCUT2D eigenvalue weighted by molar-refractivity contribution is -0.150. The second-order valence-electron chi connectivity index (χ2n) is 6.00. The van der Waals surface area contributed by atoms with Gasteiger partial charge >= 0.3 is 12.0 Å². The van der Waals surface area contributed by atoms with Crippen LogP contribution in [0.5, 0.6) is 0 Å². The Bertz CT molecular complexity index is 348. The summed E-state index contributed by atoms with van der Waals surface area (Å²) in [7, 11) is 0. The predicted octanol–water partition coefficient (Wildman–Crippen LogP) is 1.07. The molecule has 0 bridgehead atoms. The molecule has 114 valence electrons. The van der Waals surface area contributed by atoms with Crippen molar-refractivity contribution in [3.63, 3.8) is 0 Å². The van der Waals surface area contributed by atoms with E-state index in [1.165, 1.54) is 0 Å². The zero-order valence-corrected chi connectivity index (χ0v) is 11.9. The Morgan fingerprint density at radius 2 is 1.80 bits per heavy atom. The van der Waals surface area contributed by atoms with Crippen molar-refractivity contribution in [1.82, 2.24) is 16.0 Å². The van der Waals surface area contributed by atoms with Gasteiger partial charge in [-0.25, -0.2) is 4.79 Å². The van der Waals surface area contributed by atoms with Gasteiger partial charge in [-0.3, -0.25) is 4.79 Å². The van der Waals surface area contributed by atoms with E-state index in [-0.39, 0.29) is 18.6 Å². The number of carboxylic acid groups (broad SMARTS) is 1. The van der Waals surface area contributed by atoms with Crippen LogP contribution in [0.3, 0.4) is 0 Å². The molecule has 4 N–H and O–H groups in total. The van der Waals surface area contributed by atoms with Gasteiger partial charge in [0.05, 0.1) is 5.41 Å². The van der Waals surface area contributed by atoms with Crippen molar-refractivity contribution < 1.29 is 14.7 Å². The number of piperidine rings is 1. The molecule has 0 aromatic heterocycles. The molecule has 1 heterocycles. The highest BCUT2D eigenvalue weighted by molar-refractivity contribution is 5.78. The molecule has 2 rings (SSSR count). The zero-order valence-electron chi connectivity index (χ0n) is 11.9. The van der Waals surface area contributed by atoms with Gasteiger partial charge in [0.1, 0.15) is 0 Å². The highest BCUT2D eigenvalue weighted by atomic mass is 16.4. The highest BCUT2D eigenvalue weighted by Crippen LogP contribution is 2.35. The van der Waals surface area contributed by atoms with E-state index < -0.39 is 11.4 Å². The first kappa shape index (κ1) is 15.1. The maximum atomic E-state index is 11.9. The number of carbonyl (C=O) groups is 2. The van der Waals surface area contributed by atoms with Crippen LogP contribution in [0.1, 0.15) is 44.9 Å². The van der Waals surface area contributed by atoms with Crippen LogP contribution < -0.4 is 16.0 Å². The van der Waals surface area contributed by atoms with Crippen molar-refractivity contribution in [1.29, 1.82) is 0 Å². The van der Waals surface area contributed by atoms with Crippen LogP contribution in [-0.2, 0) is 4.79 Å². The number of hydrogen-bond donors (Lipinski definition) is 4. The molecule has 0 aromatic carbocycles. The third-order valence-corrected chi connectivity index (χ3v) is 4.53. The third-order valence-electron chi connectivity index (χ3n) is 4.53. The van der Waals surface area contributed by atoms with Crippen molar-refractivity contribution in [3.05, 3.63) is 0 Å². The predicted molar refractivity (Wildman–Crippen MR) is 75.6 cm³/mol. The molecule has 1 aliphatic carbocycles. The number of hydrogen-bond acceptors (Lipinski definition) is 3. The maximum Gasteiger partial charge on any atom is 0.315 e. The van der Waals surface area contributed by atoms with Crippen LogP contribution in [0.25, 0.3) is 0 Å². The minimum absolute atomic E-state index is 0.198. The van der Waals surface area contributed by atoms with Crippen LogP contribution in [0.15, 0.2) is 0 Å². The Hall–Kier alpha value is -1.30. The van der Waals surface area contributed by atoms with E-state index in [2.05, 4.69) is 16.0 Å². The fourth-order valence-corrected chi connectivity index (χ4v) is 3.15. The van der Waals surface area contributed by atoms with Gasteiger partial charge in [-0.15, -0.1) is 0 Å². The molecule has 20 heavy (non-hydrogen) atoms. The minimum atomic E-state index is -0.778. The van der Waals surface area contributed by atoms with Crippen LogP contribution in [0, 0.1) is 5.41 Å². The van der Waals surface area contributed by atoms with Gasteiger partial charge in [-0.2, -0.15) is 0 Å². The molecular weight excluding hydrogens is 258 g/mol. The minimum Gasteiger partial charge on any atom is -0.481 e. The first-order chi connectivity index (χ1) is 9.62. The molecule has 1 saturated heterocycles. The molecule has 1 saturated carbocycles. The fraction of sp³-hybridized carbons (Fsp3) is 0.857. The van der Waals surface area contributed by atoms with E-state index in [0.29, 0.717) is 12.8 Å². The van der Waals surface area contributed by atoms with Crippen molar-refractivity contribution in [2.45, 2.75) is 51.0 Å². The van der Waals surface area contributed by atoms with E-state index in [1.807, 2.05) is 0 Å². The molecule has 0 unspecified atom stereocenters. The topological polar surface area (TPSA) is 90.5 Å². The average Bonchev–Trinajstić information content (AvgIpc) is 2.47. The number of nitrogens with one attached hydrogen (secondary N) is 3. The van der Waals surface area contributed by atoms with E-state index in [1.54, 1.807) is 0 Å². The van der Waals surface area contributed by atoms with Crippen LogP contribution in [0.2, 0.25) is 0 Å². The maximum absolute atomic E-state index is 11.9. The second kappa shape index (κ2) is 6.92. The zero-order chi connectivity index (χ0) is 14.4. The van der Waals surface area contributed by atoms with Gasteiger partial charge in [-0.05, 0) is 38.8 Å². The number of rotatable bonds is 4. The van der Waals surface area contributed by atoms with Crippen molar-refractivity contribution in [3.8, 4) is 0 Å². The normalized spacial score (nSPS) is 23.0. The molecule has 2 aliphatic rings. The SMILES string of the molecule is O=C(NCC1(C(=O)O)CCCCC1)NC1CCNCC1. The first-order valence-corrected chi connectivity index (χ1v) is 7.61. The highest BCUT2D eigenvalue weighted by Gasteiger charge is 2.39. The lowest BCUT2D eigenvalue weighted by Gasteiger charge is -2.33. The van der Waals surface area contributed by atoms with Gasteiger partial charge < -0.3 is 21.1 Å². The molecule has 6 heteroatoms. The third kappa shape index (κ3) is 3.85. The van der Waals surface area contributed by atoms with Gasteiger partial charge in [0, 0.05) is 12.6 Å². The lowest BCUT2D eigenvalue weighted by atomic mass is 9.74. The Labute approximate surface area is 119 Å². The van der Waals surface area contributed by atoms with E-state index in [4.69, 9.17) is 0 Å². The lowest BCUT2D eigenvalue weighted by Crippen LogP contribution is -2.51. The summed E-state index contributed by atoms with van der Waals surface area (Å²) < 4.78 is 0. The Morgan fingerprint density at radius 3 is 2.40 bits per heavy atom. The van der Waals surface area contributed by atoms with Crippen molar-refractivity contribution in [2.24, 2.45) is 5.41 Å². The fourth-order valence-electron chi connectivity index (χ4n) is 3.15. The monoisotopic (exact) mass is 283 g/mol. The van der Waals surface area contributed by atoms with Crippen LogP contribution >= 0.6 is 0 Å². The number of carbonyl (C=O) groups excluding carboxylic acids is 1. The number of amides is 2. The summed E-state index contributed by atoms with van der Waals surface area (Å²) in [5.74, 6) is -0.778. The Kier molecular flexibility index (Phi) is 5.23. The molecule has 2 amide bonds. The van der Waals surface area contributed by atoms with Gasteiger partial charge in [-0.1, -0.05) is 19.3 Å². The molecule has 6 nitrogen and oxygen atoms in total. The number of urea groups is 1. The summed E-state index contributed by atoms with van der Waals surface area (Å²) in [6.45, 7) is 2.08. The van der Waals surface area contributed by atoms with Gasteiger partial charge in [0.25, 0.3) is 0 Å². The summed E-state index contributed by atoms with van der Waals surface area (Å²) in [5.41, 5.74) is -0.760. The average molecular weight is 283 g/mol. The smallest absolute Gasteiger partial charge is 0.315 e. The molecule has 0 aromatic rings. The van der Waals surface area contributed by atoms with Crippen molar-refractivity contribution in [2.75, 3.05) is 19.6 Å². The second-order valence-corrected chi connectivity index (χ2v) is 6.00. The standard InChI is InChI=1S/C14H25N3O3/c18-12(19)14(6-2-1-3-7-14)10-16-13(20)17-11-4-8-15-9-5-11/h11,15H,1-10H2,(H,18,19)(H2,16,17,20). The summed E-state index contributed by atoms with van der Waals surface area (Å²) in [5, 5.41) is 18.4. The van der Waals surface area contributed by atoms with Crippen LogP contribution in [-0.4, -0.2) is 42.8 Å². The Balaban J connectivity index is 1.79. The van der Waals surface area contributed by atoms with Gasteiger partial charge in [0.2, 0.25) is 0 Å². The number of aliphatic carboxylic acids is 1. The molecular formula is C14H25N3O3. The van der Waals surface area contributed by atoms with E-state index in [0.717, 1.165) is 45.2 Å². The van der Waals surface area contributed by atoms with Gasteiger partial charge in [0.15, 0.2) is 0 Å². The molecule has 0 spiro atoms. The summed E-state index contributed by atoms with van der Waals surface area (Å²) in [6, 6.07) is -0.0357.